The molecule has 3 aromatic carbocycles. The van der Waals surface area contributed by atoms with Crippen molar-refractivity contribution in [1.29, 1.82) is 0 Å². The Morgan fingerprint density at radius 3 is 1.82 bits per heavy atom. The minimum absolute atomic E-state index is 0.181. The minimum atomic E-state index is -1.01. The SMILES string of the molecule is CC(C)C.CCC.C[C@H](NC(=O)CNC(=O)c1ccccc1Oc1ccccc1)C(=O)NCC(=O)C(=O)NCc1ccccc1. The van der Waals surface area contributed by atoms with Crippen molar-refractivity contribution in [2.75, 3.05) is 13.1 Å². The van der Waals surface area contributed by atoms with Gasteiger partial charge in [-0.1, -0.05) is 102 Å². The molecule has 0 spiro atoms. The van der Waals surface area contributed by atoms with Crippen molar-refractivity contribution >= 4 is 29.4 Å². The molecule has 3 rings (SSSR count). The number of ether oxygens (including phenoxy) is 1. The lowest BCUT2D eigenvalue weighted by molar-refractivity contribution is -0.138. The van der Waals surface area contributed by atoms with E-state index in [1.165, 1.54) is 13.3 Å². The lowest BCUT2D eigenvalue weighted by Crippen LogP contribution is -2.49. The molecule has 0 aliphatic carbocycles. The number of Topliss-reactive ketones (excluding diaryl/α,β-unsaturated/α-hetero) is 1. The number of ketones is 1. The van der Waals surface area contributed by atoms with E-state index in [0.717, 1.165) is 11.5 Å². The van der Waals surface area contributed by atoms with E-state index in [9.17, 15) is 24.0 Å². The molecular weight excluding hydrogens is 572 g/mol. The highest BCUT2D eigenvalue weighted by atomic mass is 16.5. The second kappa shape index (κ2) is 21.7. The van der Waals surface area contributed by atoms with Gasteiger partial charge in [0.15, 0.2) is 0 Å². The minimum Gasteiger partial charge on any atom is -0.457 e. The Morgan fingerprint density at radius 2 is 1.22 bits per heavy atom. The van der Waals surface area contributed by atoms with Crippen molar-refractivity contribution in [2.45, 2.75) is 60.5 Å². The third kappa shape index (κ3) is 16.4. The zero-order valence-electron chi connectivity index (χ0n) is 27.0. The average molecular weight is 619 g/mol. The highest BCUT2D eigenvalue weighted by Crippen LogP contribution is 2.24. The topological polar surface area (TPSA) is 143 Å². The maximum Gasteiger partial charge on any atom is 0.289 e. The van der Waals surface area contributed by atoms with Crippen molar-refractivity contribution in [3.05, 3.63) is 96.1 Å². The predicted octanol–water partition coefficient (Wildman–Crippen LogP) is 4.79. The molecule has 0 saturated carbocycles. The van der Waals surface area contributed by atoms with Gasteiger partial charge in [-0.25, -0.2) is 0 Å². The Balaban J connectivity index is 0.00000131. The molecule has 0 aliphatic rings. The zero-order chi connectivity index (χ0) is 33.6. The number of benzene rings is 3. The van der Waals surface area contributed by atoms with Gasteiger partial charge >= 0.3 is 0 Å². The molecule has 0 unspecified atom stereocenters. The van der Waals surface area contributed by atoms with Gasteiger partial charge in [-0.2, -0.15) is 0 Å². The fourth-order valence-electron chi connectivity index (χ4n) is 3.25. The summed E-state index contributed by atoms with van der Waals surface area (Å²) in [5, 5.41) is 9.73. The van der Waals surface area contributed by atoms with E-state index in [-0.39, 0.29) is 12.1 Å². The van der Waals surface area contributed by atoms with Crippen LogP contribution in [0.1, 0.15) is 63.9 Å². The Morgan fingerprint density at radius 1 is 0.689 bits per heavy atom. The number of carbonyl (C=O) groups is 5. The van der Waals surface area contributed by atoms with Crippen LogP contribution in [-0.4, -0.2) is 48.5 Å². The number of carbonyl (C=O) groups excluding carboxylic acids is 5. The molecule has 10 nitrogen and oxygen atoms in total. The number of para-hydroxylation sites is 2. The average Bonchev–Trinajstić information content (AvgIpc) is 3.02. The summed E-state index contributed by atoms with van der Waals surface area (Å²) in [5.41, 5.74) is 1.06. The maximum atomic E-state index is 12.6. The van der Waals surface area contributed by atoms with Crippen LogP contribution in [0.5, 0.6) is 11.5 Å². The molecule has 0 radical (unpaired) electrons. The molecule has 0 fully saturated rings. The van der Waals surface area contributed by atoms with Crippen molar-refractivity contribution in [3.8, 4) is 11.5 Å². The number of hydrogen-bond donors (Lipinski definition) is 4. The first-order valence-corrected chi connectivity index (χ1v) is 15.0. The van der Waals surface area contributed by atoms with Crippen LogP contribution in [0.2, 0.25) is 0 Å². The first-order valence-electron chi connectivity index (χ1n) is 15.0. The molecule has 0 aliphatic heterocycles. The van der Waals surface area contributed by atoms with Crippen LogP contribution in [0.3, 0.4) is 0 Å². The van der Waals surface area contributed by atoms with E-state index < -0.39 is 48.5 Å². The van der Waals surface area contributed by atoms with E-state index in [0.29, 0.717) is 11.5 Å². The Hall–Kier alpha value is -4.99. The van der Waals surface area contributed by atoms with E-state index in [1.54, 1.807) is 60.7 Å². The molecule has 1 atom stereocenters. The van der Waals surface area contributed by atoms with Gasteiger partial charge < -0.3 is 26.0 Å². The van der Waals surface area contributed by atoms with Crippen molar-refractivity contribution in [3.63, 3.8) is 0 Å². The molecular formula is C35H46N4O6. The van der Waals surface area contributed by atoms with Crippen LogP contribution in [0, 0.1) is 5.92 Å². The van der Waals surface area contributed by atoms with Gasteiger partial charge in [0, 0.05) is 6.54 Å². The monoisotopic (exact) mass is 618 g/mol. The number of amides is 4. The summed E-state index contributed by atoms with van der Waals surface area (Å²) in [6.07, 6.45) is 1.25. The Bertz CT molecular complexity index is 1340. The van der Waals surface area contributed by atoms with Crippen LogP contribution in [0.25, 0.3) is 0 Å². The van der Waals surface area contributed by atoms with E-state index in [4.69, 9.17) is 4.74 Å². The zero-order valence-corrected chi connectivity index (χ0v) is 27.0. The molecule has 4 amide bonds. The summed E-state index contributed by atoms with van der Waals surface area (Å²) in [5.74, 6) is -1.75. The molecule has 0 heterocycles. The molecule has 0 aromatic heterocycles. The van der Waals surface area contributed by atoms with Crippen LogP contribution in [0.15, 0.2) is 84.9 Å². The summed E-state index contributed by atoms with van der Waals surface area (Å²) < 4.78 is 5.76. The normalized spacial score (nSPS) is 10.5. The van der Waals surface area contributed by atoms with Gasteiger partial charge in [0.05, 0.1) is 18.7 Å². The van der Waals surface area contributed by atoms with Gasteiger partial charge in [-0.05, 0) is 42.7 Å². The summed E-state index contributed by atoms with van der Waals surface area (Å²) >= 11 is 0. The lowest BCUT2D eigenvalue weighted by atomic mass is 10.2. The summed E-state index contributed by atoms with van der Waals surface area (Å²) in [6.45, 7) is 11.4. The summed E-state index contributed by atoms with van der Waals surface area (Å²) in [6, 6.07) is 23.6. The van der Waals surface area contributed by atoms with E-state index in [2.05, 4.69) is 55.9 Å². The first-order chi connectivity index (χ1) is 21.5. The second-order valence-corrected chi connectivity index (χ2v) is 10.6. The predicted molar refractivity (Wildman–Crippen MR) is 176 cm³/mol. The highest BCUT2D eigenvalue weighted by molar-refractivity contribution is 6.37. The number of rotatable bonds is 12. The Labute approximate surface area is 266 Å². The molecule has 45 heavy (non-hydrogen) atoms. The van der Waals surface area contributed by atoms with Gasteiger partial charge in [-0.15, -0.1) is 0 Å². The largest absolute Gasteiger partial charge is 0.457 e. The van der Waals surface area contributed by atoms with Gasteiger partial charge in [-0.3, -0.25) is 24.0 Å². The summed E-state index contributed by atoms with van der Waals surface area (Å²) in [7, 11) is 0. The quantitative estimate of drug-likeness (QED) is 0.215. The van der Waals surface area contributed by atoms with Gasteiger partial charge in [0.25, 0.3) is 11.8 Å². The molecule has 0 bridgehead atoms. The van der Waals surface area contributed by atoms with Crippen LogP contribution < -0.4 is 26.0 Å². The third-order valence-corrected chi connectivity index (χ3v) is 5.26. The first kappa shape index (κ1) is 38.0. The van der Waals surface area contributed by atoms with Crippen LogP contribution in [0.4, 0.5) is 0 Å². The Kier molecular flexibility index (Phi) is 18.3. The maximum absolute atomic E-state index is 12.6. The molecule has 3 aromatic rings. The molecule has 10 heteroatoms. The molecule has 242 valence electrons. The standard InChI is InChI=1S/C28H28N4O6.C4H10.C3H8/c1-19(26(35)30-17-23(33)28(37)29-16-20-10-4-2-5-11-20)32-25(34)18-31-27(36)22-14-8-9-15-24(22)38-21-12-6-3-7-13-21;1-4(2)3;1-3-2/h2-15,19H,16-18H2,1H3,(H,29,37)(H,30,35)(H,31,36)(H,32,34);4H,1-3H3;3H2,1-2H3/t19-;;/m0../s1. The van der Waals surface area contributed by atoms with Crippen molar-refractivity contribution in [1.82, 2.24) is 21.3 Å². The van der Waals surface area contributed by atoms with Crippen molar-refractivity contribution in [2.24, 2.45) is 5.92 Å². The van der Waals surface area contributed by atoms with Crippen molar-refractivity contribution < 1.29 is 28.7 Å². The van der Waals surface area contributed by atoms with E-state index >= 15 is 0 Å². The fraction of sp³-hybridized carbons (Fsp3) is 0.343. The molecule has 0 saturated heterocycles. The fourth-order valence-corrected chi connectivity index (χ4v) is 3.25. The molecule has 4 N–H and O–H groups in total. The number of nitrogens with one attached hydrogen (secondary N) is 4. The van der Waals surface area contributed by atoms with Gasteiger partial charge in [0.2, 0.25) is 17.6 Å². The lowest BCUT2D eigenvalue weighted by Gasteiger charge is -2.15. The third-order valence-electron chi connectivity index (χ3n) is 5.26. The van der Waals surface area contributed by atoms with E-state index in [1.807, 2.05) is 24.3 Å². The second-order valence-electron chi connectivity index (χ2n) is 10.6. The van der Waals surface area contributed by atoms with Crippen LogP contribution in [-0.2, 0) is 25.7 Å². The van der Waals surface area contributed by atoms with Crippen LogP contribution >= 0.6 is 0 Å². The summed E-state index contributed by atoms with van der Waals surface area (Å²) in [4.78, 5) is 61.1. The smallest absolute Gasteiger partial charge is 0.289 e. The number of hydrogen-bond acceptors (Lipinski definition) is 6. The highest BCUT2D eigenvalue weighted by Gasteiger charge is 2.20. The van der Waals surface area contributed by atoms with Gasteiger partial charge in [0.1, 0.15) is 17.5 Å².